The fourth-order valence-corrected chi connectivity index (χ4v) is 4.31. The van der Waals surface area contributed by atoms with Crippen LogP contribution in [0, 0.1) is 11.3 Å². The molecule has 1 aliphatic carbocycles. The molecule has 1 atom stereocenters. The highest BCUT2D eigenvalue weighted by molar-refractivity contribution is 7.90. The quantitative estimate of drug-likeness (QED) is 0.897. The van der Waals surface area contributed by atoms with Crippen molar-refractivity contribution in [2.45, 2.75) is 37.0 Å². The Morgan fingerprint density at radius 3 is 2.90 bits per heavy atom. The minimum Gasteiger partial charge on any atom is -0.354 e. The largest absolute Gasteiger partial charge is 0.354 e. The molecule has 0 amide bonds. The number of nitrogens with one attached hydrogen (secondary N) is 1. The lowest BCUT2D eigenvalue weighted by Crippen LogP contribution is -2.48. The highest BCUT2D eigenvalue weighted by atomic mass is 32.2. The first-order valence-corrected chi connectivity index (χ1v) is 8.76. The second-order valence-corrected chi connectivity index (χ2v) is 7.63. The summed E-state index contributed by atoms with van der Waals surface area (Å²) in [5, 5.41) is 8.96. The van der Waals surface area contributed by atoms with Gasteiger partial charge < -0.3 is 4.90 Å². The first-order chi connectivity index (χ1) is 10.1. The fourth-order valence-electron chi connectivity index (χ4n) is 2.71. The number of pyridine rings is 1. The molecule has 1 aromatic heterocycles. The summed E-state index contributed by atoms with van der Waals surface area (Å²) in [5.74, 6) is 0.648. The van der Waals surface area contributed by atoms with Crippen LogP contribution in [0.15, 0.2) is 18.3 Å². The molecule has 1 aromatic rings. The van der Waals surface area contributed by atoms with Crippen LogP contribution in [0.4, 0.5) is 5.82 Å². The Balaban J connectivity index is 1.72. The van der Waals surface area contributed by atoms with Gasteiger partial charge in [0.05, 0.1) is 10.8 Å². The smallest absolute Gasteiger partial charge is 0.214 e. The van der Waals surface area contributed by atoms with Gasteiger partial charge in [-0.1, -0.05) is 0 Å². The summed E-state index contributed by atoms with van der Waals surface area (Å²) in [4.78, 5) is 6.28. The van der Waals surface area contributed by atoms with Gasteiger partial charge in [-0.05, 0) is 37.8 Å². The van der Waals surface area contributed by atoms with Gasteiger partial charge >= 0.3 is 0 Å². The number of hydrogen-bond donors (Lipinski definition) is 1. The van der Waals surface area contributed by atoms with E-state index in [1.165, 1.54) is 0 Å². The molecule has 2 fully saturated rings. The van der Waals surface area contributed by atoms with Crippen molar-refractivity contribution in [2.24, 2.45) is 0 Å². The summed E-state index contributed by atoms with van der Waals surface area (Å²) < 4.78 is 26.9. The molecule has 0 bridgehead atoms. The predicted molar refractivity (Wildman–Crippen MR) is 79.3 cm³/mol. The van der Waals surface area contributed by atoms with Crippen LogP contribution in [0.1, 0.15) is 31.2 Å². The van der Waals surface area contributed by atoms with E-state index in [2.05, 4.69) is 15.8 Å². The average molecular weight is 306 g/mol. The molecule has 7 heteroatoms. The number of rotatable bonds is 4. The lowest BCUT2D eigenvalue weighted by atomic mass is 10.1. The van der Waals surface area contributed by atoms with Gasteiger partial charge in [0.1, 0.15) is 11.9 Å². The third-order valence-corrected chi connectivity index (χ3v) is 5.93. The summed E-state index contributed by atoms with van der Waals surface area (Å²) in [6.07, 6.45) is 4.92. The number of piperidine rings is 1. The van der Waals surface area contributed by atoms with E-state index >= 15 is 0 Å². The van der Waals surface area contributed by atoms with Gasteiger partial charge in [0.2, 0.25) is 10.0 Å². The molecule has 6 nitrogen and oxygen atoms in total. The van der Waals surface area contributed by atoms with Gasteiger partial charge in [-0.15, -0.1) is 0 Å². The van der Waals surface area contributed by atoms with E-state index in [-0.39, 0.29) is 11.3 Å². The molecule has 2 aliphatic rings. The summed E-state index contributed by atoms with van der Waals surface area (Å²) in [5.41, 5.74) is 0.531. The zero-order valence-electron chi connectivity index (χ0n) is 11.7. The molecule has 21 heavy (non-hydrogen) atoms. The van der Waals surface area contributed by atoms with E-state index in [9.17, 15) is 8.42 Å². The van der Waals surface area contributed by atoms with Gasteiger partial charge in [0, 0.05) is 25.3 Å². The predicted octanol–water partition coefficient (Wildman–Crippen LogP) is 1.00. The molecule has 0 radical (unpaired) electrons. The zero-order chi connectivity index (χ0) is 14.9. The summed E-state index contributed by atoms with van der Waals surface area (Å²) in [6.45, 7) is 1.37. The molecule has 1 unspecified atom stereocenters. The summed E-state index contributed by atoms with van der Waals surface area (Å²) in [7, 11) is -3.17. The van der Waals surface area contributed by atoms with E-state index in [1.54, 1.807) is 18.3 Å². The zero-order valence-corrected chi connectivity index (χ0v) is 12.5. The van der Waals surface area contributed by atoms with Crippen molar-refractivity contribution in [3.8, 4) is 6.07 Å². The van der Waals surface area contributed by atoms with Crippen LogP contribution in [0.25, 0.3) is 0 Å². The molecular weight excluding hydrogens is 288 g/mol. The van der Waals surface area contributed by atoms with Crippen LogP contribution < -0.4 is 9.62 Å². The molecular formula is C14H18N4O2S. The van der Waals surface area contributed by atoms with E-state index in [4.69, 9.17) is 5.26 Å². The van der Waals surface area contributed by atoms with Crippen LogP contribution in [0.2, 0.25) is 0 Å². The number of anilines is 1. The third kappa shape index (κ3) is 3.17. The molecule has 3 rings (SSSR count). The molecule has 0 spiro atoms. The monoisotopic (exact) mass is 306 g/mol. The standard InChI is InChI=1S/C14H18N4O2S/c15-9-11-3-1-7-16-14(11)18-8-2-4-12(10-18)17-21(19,20)13-5-6-13/h1,3,7,12-13,17H,2,4-6,8,10H2. The lowest BCUT2D eigenvalue weighted by Gasteiger charge is -2.34. The van der Waals surface area contributed by atoms with Crippen LogP contribution in [0.5, 0.6) is 0 Å². The lowest BCUT2D eigenvalue weighted by molar-refractivity contribution is 0.463. The average Bonchev–Trinajstić information content (AvgIpc) is 3.32. The van der Waals surface area contributed by atoms with Crippen LogP contribution in [-0.4, -0.2) is 37.8 Å². The molecule has 1 saturated heterocycles. The molecule has 1 N–H and O–H groups in total. The van der Waals surface area contributed by atoms with Gasteiger partial charge in [0.15, 0.2) is 0 Å². The Morgan fingerprint density at radius 2 is 2.19 bits per heavy atom. The number of sulfonamides is 1. The Bertz CT molecular complexity index is 664. The van der Waals surface area contributed by atoms with Crippen LogP contribution in [0.3, 0.4) is 0 Å². The van der Waals surface area contributed by atoms with E-state index < -0.39 is 10.0 Å². The van der Waals surface area contributed by atoms with Crippen molar-refractivity contribution in [3.63, 3.8) is 0 Å². The van der Waals surface area contributed by atoms with Gasteiger partial charge in [-0.3, -0.25) is 0 Å². The first kappa shape index (κ1) is 14.3. The number of nitrogens with zero attached hydrogens (tertiary/aromatic N) is 3. The number of aromatic nitrogens is 1. The molecule has 0 aromatic carbocycles. The minimum atomic E-state index is -3.17. The number of nitriles is 1. The maximum atomic E-state index is 12.0. The van der Waals surface area contributed by atoms with Crippen molar-refractivity contribution in [1.29, 1.82) is 5.26 Å². The summed E-state index contributed by atoms with van der Waals surface area (Å²) in [6, 6.07) is 5.51. The van der Waals surface area contributed by atoms with Gasteiger partial charge in [0.25, 0.3) is 0 Å². The summed E-state index contributed by atoms with van der Waals surface area (Å²) >= 11 is 0. The van der Waals surface area contributed by atoms with E-state index in [0.717, 1.165) is 32.2 Å². The Kier molecular flexibility index (Phi) is 3.83. The topological polar surface area (TPSA) is 86.1 Å². The molecule has 112 valence electrons. The third-order valence-electron chi connectivity index (χ3n) is 3.92. The van der Waals surface area contributed by atoms with Crippen molar-refractivity contribution in [2.75, 3.05) is 18.0 Å². The maximum absolute atomic E-state index is 12.0. The van der Waals surface area contributed by atoms with Crippen molar-refractivity contribution in [3.05, 3.63) is 23.9 Å². The van der Waals surface area contributed by atoms with Gasteiger partial charge in [-0.25, -0.2) is 18.1 Å². The van der Waals surface area contributed by atoms with Crippen molar-refractivity contribution in [1.82, 2.24) is 9.71 Å². The van der Waals surface area contributed by atoms with E-state index in [1.807, 2.05) is 4.90 Å². The van der Waals surface area contributed by atoms with Crippen molar-refractivity contribution >= 4 is 15.8 Å². The SMILES string of the molecule is N#Cc1cccnc1N1CCCC(NS(=O)(=O)C2CC2)C1. The molecule has 1 aliphatic heterocycles. The maximum Gasteiger partial charge on any atom is 0.214 e. The fraction of sp³-hybridized carbons (Fsp3) is 0.571. The van der Waals surface area contributed by atoms with Crippen LogP contribution in [-0.2, 0) is 10.0 Å². The normalized spacial score (nSPS) is 22.8. The van der Waals surface area contributed by atoms with Crippen molar-refractivity contribution < 1.29 is 8.42 Å². The Labute approximate surface area is 124 Å². The second-order valence-electron chi connectivity index (χ2n) is 5.63. The highest BCUT2D eigenvalue weighted by Gasteiger charge is 2.37. The number of hydrogen-bond acceptors (Lipinski definition) is 5. The second kappa shape index (κ2) is 5.62. The highest BCUT2D eigenvalue weighted by Crippen LogP contribution is 2.29. The minimum absolute atomic E-state index is 0.0992. The van der Waals surface area contributed by atoms with Crippen LogP contribution >= 0.6 is 0 Å². The molecule has 2 heterocycles. The first-order valence-electron chi connectivity index (χ1n) is 7.21. The van der Waals surface area contributed by atoms with E-state index in [0.29, 0.717) is 17.9 Å². The molecule has 1 saturated carbocycles. The van der Waals surface area contributed by atoms with Gasteiger partial charge in [-0.2, -0.15) is 5.26 Å². The Morgan fingerprint density at radius 1 is 1.38 bits per heavy atom. The Hall–Kier alpha value is -1.65.